The number of hydrogen-bond acceptors (Lipinski definition) is 4. The van der Waals surface area contributed by atoms with Crippen LogP contribution in [0.15, 0.2) is 0 Å². The lowest BCUT2D eigenvalue weighted by molar-refractivity contribution is -0.153. The normalized spacial score (nSPS) is 25.1. The van der Waals surface area contributed by atoms with Gasteiger partial charge >= 0.3 is 0 Å². The molecule has 2 aliphatic rings. The summed E-state index contributed by atoms with van der Waals surface area (Å²) in [6.45, 7) is 8.15. The predicted molar refractivity (Wildman–Crippen MR) is 68.5 cm³/mol. The van der Waals surface area contributed by atoms with E-state index in [1.807, 2.05) is 18.7 Å². The van der Waals surface area contributed by atoms with Crippen molar-refractivity contribution in [3.8, 4) is 0 Å². The van der Waals surface area contributed by atoms with Crippen LogP contribution in [-0.2, 0) is 14.3 Å². The molecule has 0 aromatic heterocycles. The standard InChI is InChI=1S/C13H24N2O3/c1-13(2)10-17-8-7-15(13)12(16)9-18-11-3-5-14-6-4-11/h11,14H,3-10H2,1-2H3. The van der Waals surface area contributed by atoms with Crippen LogP contribution >= 0.6 is 0 Å². The summed E-state index contributed by atoms with van der Waals surface area (Å²) in [5.74, 6) is 0.0850. The molecule has 2 aliphatic heterocycles. The van der Waals surface area contributed by atoms with Crippen molar-refractivity contribution in [3.63, 3.8) is 0 Å². The SMILES string of the molecule is CC1(C)COCCN1C(=O)COC1CCNCC1. The van der Waals surface area contributed by atoms with E-state index in [-0.39, 0.29) is 24.2 Å². The molecule has 1 N–H and O–H groups in total. The molecule has 0 aromatic rings. The zero-order valence-corrected chi connectivity index (χ0v) is 11.4. The molecule has 0 saturated carbocycles. The maximum atomic E-state index is 12.2. The van der Waals surface area contributed by atoms with Gasteiger partial charge in [-0.05, 0) is 39.8 Å². The van der Waals surface area contributed by atoms with Gasteiger partial charge in [-0.15, -0.1) is 0 Å². The second kappa shape index (κ2) is 5.99. The second-order valence-electron chi connectivity index (χ2n) is 5.67. The van der Waals surface area contributed by atoms with Crippen LogP contribution in [0.4, 0.5) is 0 Å². The van der Waals surface area contributed by atoms with E-state index in [1.165, 1.54) is 0 Å². The number of nitrogens with one attached hydrogen (secondary N) is 1. The summed E-state index contributed by atoms with van der Waals surface area (Å²) < 4.78 is 11.1. The third-order valence-electron chi connectivity index (χ3n) is 3.67. The fourth-order valence-electron chi connectivity index (χ4n) is 2.55. The summed E-state index contributed by atoms with van der Waals surface area (Å²) in [5, 5.41) is 3.29. The molecular formula is C13H24N2O3. The quantitative estimate of drug-likeness (QED) is 0.794. The molecule has 18 heavy (non-hydrogen) atoms. The van der Waals surface area contributed by atoms with Crippen molar-refractivity contribution < 1.29 is 14.3 Å². The van der Waals surface area contributed by atoms with Gasteiger partial charge in [0.25, 0.3) is 0 Å². The monoisotopic (exact) mass is 256 g/mol. The minimum atomic E-state index is -0.215. The summed E-state index contributed by atoms with van der Waals surface area (Å²) in [7, 11) is 0. The van der Waals surface area contributed by atoms with Gasteiger partial charge in [-0.25, -0.2) is 0 Å². The van der Waals surface area contributed by atoms with E-state index in [2.05, 4.69) is 5.32 Å². The summed E-state index contributed by atoms with van der Waals surface area (Å²) in [5.41, 5.74) is -0.215. The molecule has 2 rings (SSSR count). The Morgan fingerprint density at radius 1 is 1.44 bits per heavy atom. The molecule has 0 bridgehead atoms. The highest BCUT2D eigenvalue weighted by atomic mass is 16.5. The van der Waals surface area contributed by atoms with E-state index in [0.29, 0.717) is 19.8 Å². The molecule has 0 spiro atoms. The van der Waals surface area contributed by atoms with Gasteiger partial charge < -0.3 is 19.7 Å². The molecular weight excluding hydrogens is 232 g/mol. The van der Waals surface area contributed by atoms with Gasteiger partial charge in [0.15, 0.2) is 0 Å². The number of rotatable bonds is 3. The van der Waals surface area contributed by atoms with E-state index in [4.69, 9.17) is 9.47 Å². The zero-order chi connectivity index (χ0) is 13.0. The van der Waals surface area contributed by atoms with Crippen LogP contribution in [-0.4, -0.2) is 61.9 Å². The Morgan fingerprint density at radius 2 is 2.17 bits per heavy atom. The van der Waals surface area contributed by atoms with Crippen LogP contribution in [0.5, 0.6) is 0 Å². The number of ether oxygens (including phenoxy) is 2. The van der Waals surface area contributed by atoms with E-state index in [1.54, 1.807) is 0 Å². The Hall–Kier alpha value is -0.650. The third-order valence-corrected chi connectivity index (χ3v) is 3.67. The van der Waals surface area contributed by atoms with Crippen LogP contribution in [0, 0.1) is 0 Å². The maximum Gasteiger partial charge on any atom is 0.249 e. The van der Waals surface area contributed by atoms with Crippen molar-refractivity contribution in [2.75, 3.05) is 39.5 Å². The summed E-state index contributed by atoms with van der Waals surface area (Å²) >= 11 is 0. The highest BCUT2D eigenvalue weighted by Gasteiger charge is 2.34. The average molecular weight is 256 g/mol. The summed E-state index contributed by atoms with van der Waals surface area (Å²) in [4.78, 5) is 14.1. The molecule has 0 aliphatic carbocycles. The Kier molecular flexibility index (Phi) is 4.59. The first kappa shape index (κ1) is 13.8. The van der Waals surface area contributed by atoms with Crippen LogP contribution in [0.3, 0.4) is 0 Å². The second-order valence-corrected chi connectivity index (χ2v) is 5.67. The van der Waals surface area contributed by atoms with Crippen molar-refractivity contribution >= 4 is 5.91 Å². The minimum absolute atomic E-state index is 0.0850. The number of nitrogens with zero attached hydrogens (tertiary/aromatic N) is 1. The van der Waals surface area contributed by atoms with Crippen molar-refractivity contribution in [2.24, 2.45) is 0 Å². The number of piperidine rings is 1. The van der Waals surface area contributed by atoms with Crippen molar-refractivity contribution in [1.29, 1.82) is 0 Å². The minimum Gasteiger partial charge on any atom is -0.377 e. The Morgan fingerprint density at radius 3 is 2.83 bits per heavy atom. The number of amides is 1. The fraction of sp³-hybridized carbons (Fsp3) is 0.923. The van der Waals surface area contributed by atoms with E-state index in [9.17, 15) is 4.79 Å². The lowest BCUT2D eigenvalue weighted by Crippen LogP contribution is -2.56. The third kappa shape index (κ3) is 3.43. The van der Waals surface area contributed by atoms with E-state index < -0.39 is 0 Å². The van der Waals surface area contributed by atoms with Crippen LogP contribution in [0.1, 0.15) is 26.7 Å². The Bertz CT molecular complexity index is 288. The molecule has 0 unspecified atom stereocenters. The first-order valence-electron chi connectivity index (χ1n) is 6.80. The molecule has 0 radical (unpaired) electrons. The smallest absolute Gasteiger partial charge is 0.249 e. The van der Waals surface area contributed by atoms with E-state index in [0.717, 1.165) is 25.9 Å². The molecule has 2 fully saturated rings. The molecule has 104 valence electrons. The number of carbonyl (C=O) groups is 1. The molecule has 5 nitrogen and oxygen atoms in total. The van der Waals surface area contributed by atoms with Gasteiger partial charge in [0.05, 0.1) is 24.9 Å². The van der Waals surface area contributed by atoms with Crippen molar-refractivity contribution in [3.05, 3.63) is 0 Å². The maximum absolute atomic E-state index is 12.2. The fourth-order valence-corrected chi connectivity index (χ4v) is 2.55. The van der Waals surface area contributed by atoms with Gasteiger partial charge in [-0.1, -0.05) is 0 Å². The molecule has 2 heterocycles. The van der Waals surface area contributed by atoms with Gasteiger partial charge in [0, 0.05) is 6.54 Å². The summed E-state index contributed by atoms with van der Waals surface area (Å²) in [6.07, 6.45) is 2.24. The van der Waals surface area contributed by atoms with Gasteiger partial charge in [0.1, 0.15) is 6.61 Å². The largest absolute Gasteiger partial charge is 0.377 e. The summed E-state index contributed by atoms with van der Waals surface area (Å²) in [6, 6.07) is 0. The van der Waals surface area contributed by atoms with Crippen molar-refractivity contribution in [1.82, 2.24) is 10.2 Å². The molecule has 5 heteroatoms. The first-order chi connectivity index (χ1) is 8.59. The van der Waals surface area contributed by atoms with Gasteiger partial charge in [0.2, 0.25) is 5.91 Å². The number of morpholine rings is 1. The van der Waals surface area contributed by atoms with E-state index >= 15 is 0 Å². The lowest BCUT2D eigenvalue weighted by atomic mass is 10.0. The van der Waals surface area contributed by atoms with Gasteiger partial charge in [-0.2, -0.15) is 0 Å². The highest BCUT2D eigenvalue weighted by Crippen LogP contribution is 2.19. The zero-order valence-electron chi connectivity index (χ0n) is 11.4. The molecule has 0 atom stereocenters. The van der Waals surface area contributed by atoms with Crippen LogP contribution in [0.2, 0.25) is 0 Å². The lowest BCUT2D eigenvalue weighted by Gasteiger charge is -2.42. The number of hydrogen-bond donors (Lipinski definition) is 1. The molecule has 2 saturated heterocycles. The topological polar surface area (TPSA) is 50.8 Å². The highest BCUT2D eigenvalue weighted by molar-refractivity contribution is 5.78. The van der Waals surface area contributed by atoms with Crippen LogP contribution in [0.25, 0.3) is 0 Å². The Labute approximate surface area is 109 Å². The Balaban J connectivity index is 1.79. The average Bonchev–Trinajstić information content (AvgIpc) is 2.37. The van der Waals surface area contributed by atoms with Crippen molar-refractivity contribution in [2.45, 2.75) is 38.3 Å². The van der Waals surface area contributed by atoms with Gasteiger partial charge in [-0.3, -0.25) is 4.79 Å². The predicted octanol–water partition coefficient (Wildman–Crippen LogP) is 0.392. The molecule has 0 aromatic carbocycles. The van der Waals surface area contributed by atoms with Crippen LogP contribution < -0.4 is 5.32 Å². The first-order valence-corrected chi connectivity index (χ1v) is 6.80. The number of carbonyl (C=O) groups excluding carboxylic acids is 1. The molecule has 1 amide bonds.